The zero-order valence-corrected chi connectivity index (χ0v) is 14.6. The monoisotopic (exact) mass is 368 g/mol. The molecule has 0 unspecified atom stereocenters. The lowest BCUT2D eigenvalue weighted by Crippen LogP contribution is -2.41. The van der Waals surface area contributed by atoms with Gasteiger partial charge >= 0.3 is 5.97 Å². The highest BCUT2D eigenvalue weighted by atomic mass is 16.4. The summed E-state index contributed by atoms with van der Waals surface area (Å²) in [5, 5.41) is 14.8. The third-order valence-corrected chi connectivity index (χ3v) is 4.24. The van der Waals surface area contributed by atoms with E-state index in [1.54, 1.807) is 24.4 Å². The van der Waals surface area contributed by atoms with Gasteiger partial charge in [0.05, 0.1) is 0 Å². The van der Waals surface area contributed by atoms with E-state index in [9.17, 15) is 14.4 Å². The van der Waals surface area contributed by atoms with Crippen molar-refractivity contribution >= 4 is 23.6 Å². The number of benzene rings is 1. The predicted octanol–water partition coefficient (Wildman–Crippen LogP) is 1.01. The number of carboxylic acid groups (broad SMARTS) is 1. The molecule has 140 valence electrons. The summed E-state index contributed by atoms with van der Waals surface area (Å²) < 4.78 is 0. The Morgan fingerprint density at radius 2 is 2.04 bits per heavy atom. The molecule has 0 aliphatic carbocycles. The number of aromatic nitrogens is 1. The number of rotatable bonds is 7. The third-order valence-electron chi connectivity index (χ3n) is 4.24. The average molecular weight is 368 g/mol. The Morgan fingerprint density at radius 1 is 1.19 bits per heavy atom. The van der Waals surface area contributed by atoms with Crippen molar-refractivity contribution in [3.8, 4) is 0 Å². The summed E-state index contributed by atoms with van der Waals surface area (Å²) in [5.74, 6) is -0.835. The molecule has 8 nitrogen and oxygen atoms in total. The summed E-state index contributed by atoms with van der Waals surface area (Å²) in [7, 11) is 0. The standard InChI is InChI=1S/C19H20N4O4/c24-17(25)12-23-10-6-13-11-14(4-5-15(13)19(23)27)18(26)22-9-8-21-16-3-1-2-7-20-16/h1-5,7,11H,6,8-10,12H2,(H,20,21)(H,22,26)(H,24,25). The summed E-state index contributed by atoms with van der Waals surface area (Å²) in [6.45, 7) is 0.981. The highest BCUT2D eigenvalue weighted by Crippen LogP contribution is 2.20. The quantitative estimate of drug-likeness (QED) is 0.629. The molecule has 1 aliphatic heterocycles. The highest BCUT2D eigenvalue weighted by molar-refractivity contribution is 6.00. The fourth-order valence-electron chi connectivity index (χ4n) is 2.93. The van der Waals surface area contributed by atoms with Crippen LogP contribution in [0.25, 0.3) is 0 Å². The fraction of sp³-hybridized carbons (Fsp3) is 0.263. The zero-order valence-electron chi connectivity index (χ0n) is 14.6. The van der Waals surface area contributed by atoms with Gasteiger partial charge in [0, 0.05) is 37.0 Å². The number of aliphatic carboxylic acids is 1. The van der Waals surface area contributed by atoms with Gasteiger partial charge in [-0.1, -0.05) is 6.07 Å². The Kier molecular flexibility index (Phi) is 5.65. The molecular weight excluding hydrogens is 348 g/mol. The van der Waals surface area contributed by atoms with Gasteiger partial charge in [-0.05, 0) is 42.3 Å². The minimum atomic E-state index is -1.04. The van der Waals surface area contributed by atoms with Crippen molar-refractivity contribution in [3.63, 3.8) is 0 Å². The average Bonchev–Trinajstić information content (AvgIpc) is 2.67. The van der Waals surface area contributed by atoms with Crippen LogP contribution in [0.1, 0.15) is 26.3 Å². The Morgan fingerprint density at radius 3 is 2.78 bits per heavy atom. The Hall–Kier alpha value is -3.42. The number of hydrogen-bond donors (Lipinski definition) is 3. The highest BCUT2D eigenvalue weighted by Gasteiger charge is 2.26. The Labute approximate surface area is 156 Å². The number of carbonyl (C=O) groups excluding carboxylic acids is 2. The summed E-state index contributed by atoms with van der Waals surface area (Å²) in [6.07, 6.45) is 2.21. The molecule has 0 saturated heterocycles. The summed E-state index contributed by atoms with van der Waals surface area (Å²) >= 11 is 0. The molecular formula is C19H20N4O4. The summed E-state index contributed by atoms with van der Waals surface area (Å²) in [6, 6.07) is 10.4. The minimum absolute atomic E-state index is 0.221. The molecule has 2 aromatic rings. The molecule has 0 radical (unpaired) electrons. The topological polar surface area (TPSA) is 112 Å². The zero-order chi connectivity index (χ0) is 19.2. The van der Waals surface area contributed by atoms with Gasteiger partial charge in [0.25, 0.3) is 11.8 Å². The summed E-state index contributed by atoms with van der Waals surface area (Å²) in [5.41, 5.74) is 1.70. The third kappa shape index (κ3) is 4.60. The van der Waals surface area contributed by atoms with Gasteiger partial charge in [0.15, 0.2) is 0 Å². The molecule has 2 amide bonds. The van der Waals surface area contributed by atoms with Crippen LogP contribution in [0, 0.1) is 0 Å². The number of carboxylic acids is 1. The lowest BCUT2D eigenvalue weighted by atomic mass is 9.96. The molecule has 0 spiro atoms. The minimum Gasteiger partial charge on any atom is -0.480 e. The van der Waals surface area contributed by atoms with Gasteiger partial charge in [-0.25, -0.2) is 4.98 Å². The molecule has 1 aromatic carbocycles. The molecule has 1 aliphatic rings. The molecule has 2 heterocycles. The molecule has 3 N–H and O–H groups in total. The molecule has 3 rings (SSSR count). The predicted molar refractivity (Wildman–Crippen MR) is 98.7 cm³/mol. The van der Waals surface area contributed by atoms with E-state index in [4.69, 9.17) is 5.11 Å². The van der Waals surface area contributed by atoms with Gasteiger partial charge in [0.2, 0.25) is 0 Å². The normalized spacial score (nSPS) is 13.0. The van der Waals surface area contributed by atoms with Gasteiger partial charge < -0.3 is 20.6 Å². The van der Waals surface area contributed by atoms with Crippen LogP contribution in [0.2, 0.25) is 0 Å². The van der Waals surface area contributed by atoms with E-state index in [1.807, 2.05) is 18.2 Å². The number of nitrogens with one attached hydrogen (secondary N) is 2. The van der Waals surface area contributed by atoms with Crippen molar-refractivity contribution in [3.05, 3.63) is 59.3 Å². The van der Waals surface area contributed by atoms with Crippen LogP contribution in [0.5, 0.6) is 0 Å². The van der Waals surface area contributed by atoms with Crippen molar-refractivity contribution in [2.75, 3.05) is 31.5 Å². The van der Waals surface area contributed by atoms with Gasteiger partial charge in [0.1, 0.15) is 12.4 Å². The van der Waals surface area contributed by atoms with E-state index in [0.29, 0.717) is 37.2 Å². The Bertz CT molecular complexity index is 854. The molecule has 27 heavy (non-hydrogen) atoms. The second-order valence-corrected chi connectivity index (χ2v) is 6.14. The number of fused-ring (bicyclic) bond motifs is 1. The van der Waals surface area contributed by atoms with E-state index in [1.165, 1.54) is 4.90 Å². The number of hydrogen-bond acceptors (Lipinski definition) is 5. The van der Waals surface area contributed by atoms with Crippen LogP contribution in [0.3, 0.4) is 0 Å². The largest absolute Gasteiger partial charge is 0.480 e. The van der Waals surface area contributed by atoms with Gasteiger partial charge in [-0.15, -0.1) is 0 Å². The molecule has 0 fully saturated rings. The van der Waals surface area contributed by atoms with Gasteiger partial charge in [-0.2, -0.15) is 0 Å². The maximum atomic E-state index is 12.3. The van der Waals surface area contributed by atoms with Crippen LogP contribution < -0.4 is 10.6 Å². The van der Waals surface area contributed by atoms with Gasteiger partial charge in [-0.3, -0.25) is 14.4 Å². The Balaban J connectivity index is 1.56. The number of anilines is 1. The maximum absolute atomic E-state index is 12.3. The number of amides is 2. The smallest absolute Gasteiger partial charge is 0.323 e. The molecule has 0 atom stereocenters. The lowest BCUT2D eigenvalue weighted by Gasteiger charge is -2.27. The second kappa shape index (κ2) is 8.31. The van der Waals surface area contributed by atoms with E-state index in [2.05, 4.69) is 15.6 Å². The molecule has 0 saturated carbocycles. The van der Waals surface area contributed by atoms with Crippen molar-refractivity contribution < 1.29 is 19.5 Å². The molecule has 8 heteroatoms. The lowest BCUT2D eigenvalue weighted by molar-refractivity contribution is -0.137. The molecule has 0 bridgehead atoms. The first kappa shape index (κ1) is 18.4. The number of nitrogens with zero attached hydrogens (tertiary/aromatic N) is 2. The van der Waals surface area contributed by atoms with E-state index < -0.39 is 5.97 Å². The summed E-state index contributed by atoms with van der Waals surface area (Å²) in [4.78, 5) is 40.9. The van der Waals surface area contributed by atoms with Crippen LogP contribution in [-0.2, 0) is 11.2 Å². The SMILES string of the molecule is O=C(O)CN1CCc2cc(C(=O)NCCNc3ccccn3)ccc2C1=O. The first-order valence-electron chi connectivity index (χ1n) is 8.61. The fourth-order valence-corrected chi connectivity index (χ4v) is 2.93. The number of pyridine rings is 1. The van der Waals surface area contributed by atoms with Crippen LogP contribution in [-0.4, -0.2) is 59.0 Å². The van der Waals surface area contributed by atoms with Crippen molar-refractivity contribution in [2.45, 2.75) is 6.42 Å². The number of carbonyl (C=O) groups is 3. The van der Waals surface area contributed by atoms with Crippen molar-refractivity contribution in [1.29, 1.82) is 0 Å². The first-order chi connectivity index (χ1) is 13.0. The maximum Gasteiger partial charge on any atom is 0.323 e. The van der Waals surface area contributed by atoms with Crippen LogP contribution in [0.4, 0.5) is 5.82 Å². The van der Waals surface area contributed by atoms with Crippen molar-refractivity contribution in [2.24, 2.45) is 0 Å². The van der Waals surface area contributed by atoms with Crippen molar-refractivity contribution in [1.82, 2.24) is 15.2 Å². The first-order valence-corrected chi connectivity index (χ1v) is 8.61. The van der Waals surface area contributed by atoms with E-state index in [0.717, 1.165) is 11.4 Å². The molecule has 1 aromatic heterocycles. The van der Waals surface area contributed by atoms with E-state index >= 15 is 0 Å². The second-order valence-electron chi connectivity index (χ2n) is 6.14. The van der Waals surface area contributed by atoms with Crippen LogP contribution >= 0.6 is 0 Å². The van der Waals surface area contributed by atoms with E-state index in [-0.39, 0.29) is 18.4 Å². The van der Waals surface area contributed by atoms with Crippen LogP contribution in [0.15, 0.2) is 42.6 Å².